The lowest BCUT2D eigenvalue weighted by atomic mass is 10.1. The highest BCUT2D eigenvalue weighted by Gasteiger charge is 2.18. The van der Waals surface area contributed by atoms with E-state index < -0.39 is 0 Å². The van der Waals surface area contributed by atoms with Crippen LogP contribution in [0.15, 0.2) is 36.8 Å². The third-order valence-electron chi connectivity index (χ3n) is 5.05. The number of aromatic amines is 1. The summed E-state index contributed by atoms with van der Waals surface area (Å²) < 4.78 is 15.5. The molecular weight excluding hydrogens is 359 g/mol. The van der Waals surface area contributed by atoms with Crippen molar-refractivity contribution < 1.29 is 4.39 Å². The van der Waals surface area contributed by atoms with Gasteiger partial charge in [-0.25, -0.2) is 19.3 Å². The number of hydrogen-bond acceptors (Lipinski definition) is 6. The molecule has 28 heavy (non-hydrogen) atoms. The molecule has 1 aromatic carbocycles. The molecule has 1 saturated heterocycles. The topological polar surface area (TPSA) is 110 Å². The second-order valence-corrected chi connectivity index (χ2v) is 6.93. The van der Waals surface area contributed by atoms with Gasteiger partial charge in [-0.2, -0.15) is 5.10 Å². The Morgan fingerprint density at radius 2 is 2.00 bits per heavy atom. The smallest absolute Gasteiger partial charge is 0.161 e. The Morgan fingerprint density at radius 3 is 2.86 bits per heavy atom. The van der Waals surface area contributed by atoms with Crippen molar-refractivity contribution in [1.82, 2.24) is 35.0 Å². The summed E-state index contributed by atoms with van der Waals surface area (Å²) in [5.41, 5.74) is 9.23. The van der Waals surface area contributed by atoms with E-state index in [4.69, 9.17) is 5.73 Å². The molecule has 0 saturated carbocycles. The summed E-state index contributed by atoms with van der Waals surface area (Å²) in [5.74, 6) is 0.382. The van der Waals surface area contributed by atoms with E-state index in [0.717, 1.165) is 31.5 Å². The largest absolute Gasteiger partial charge is 0.382 e. The highest BCUT2D eigenvalue weighted by molar-refractivity contribution is 5.81. The van der Waals surface area contributed by atoms with Gasteiger partial charge in [-0.15, -0.1) is 0 Å². The zero-order chi connectivity index (χ0) is 19.1. The Labute approximate surface area is 160 Å². The molecule has 9 heteroatoms. The molecule has 0 radical (unpaired) electrons. The van der Waals surface area contributed by atoms with E-state index >= 15 is 0 Å². The first-order valence-corrected chi connectivity index (χ1v) is 9.21. The number of nitrogen functional groups attached to an aromatic ring is 1. The van der Waals surface area contributed by atoms with Crippen molar-refractivity contribution in [3.05, 3.63) is 42.6 Å². The van der Waals surface area contributed by atoms with Crippen molar-refractivity contribution in [3.63, 3.8) is 0 Å². The maximum Gasteiger partial charge on any atom is 0.161 e. The lowest BCUT2D eigenvalue weighted by molar-refractivity contribution is 0.343. The molecule has 1 fully saturated rings. The number of halogens is 1. The number of piperidine rings is 1. The summed E-state index contributed by atoms with van der Waals surface area (Å²) in [6, 6.07) is 4.76. The fourth-order valence-corrected chi connectivity index (χ4v) is 3.55. The molecule has 0 amide bonds. The fraction of sp³-hybridized carbons (Fsp3) is 0.263. The van der Waals surface area contributed by atoms with Gasteiger partial charge in [-0.1, -0.05) is 0 Å². The summed E-state index contributed by atoms with van der Waals surface area (Å²) in [6.07, 6.45) is 7.52. The Kier molecular flexibility index (Phi) is 4.01. The highest BCUT2D eigenvalue weighted by Crippen LogP contribution is 2.27. The van der Waals surface area contributed by atoms with E-state index in [0.29, 0.717) is 34.3 Å². The van der Waals surface area contributed by atoms with Crippen LogP contribution in [0, 0.1) is 5.82 Å². The van der Waals surface area contributed by atoms with Crippen LogP contribution in [0.1, 0.15) is 18.9 Å². The van der Waals surface area contributed by atoms with Gasteiger partial charge >= 0.3 is 0 Å². The van der Waals surface area contributed by atoms with Gasteiger partial charge in [0.2, 0.25) is 0 Å². The minimum Gasteiger partial charge on any atom is -0.382 e. The van der Waals surface area contributed by atoms with Gasteiger partial charge in [0.15, 0.2) is 11.6 Å². The molecule has 1 aliphatic heterocycles. The minimum absolute atomic E-state index is 0.258. The molecule has 1 aliphatic rings. The van der Waals surface area contributed by atoms with Crippen LogP contribution in [0.2, 0.25) is 0 Å². The first-order chi connectivity index (χ1) is 13.7. The number of hydrogen-bond donors (Lipinski definition) is 3. The number of aromatic nitrogens is 6. The van der Waals surface area contributed by atoms with Crippen LogP contribution in [0.5, 0.6) is 0 Å². The molecule has 4 heterocycles. The molecule has 0 spiro atoms. The summed E-state index contributed by atoms with van der Waals surface area (Å²) >= 11 is 0. The third-order valence-corrected chi connectivity index (χ3v) is 5.05. The number of anilines is 1. The number of benzene rings is 1. The van der Waals surface area contributed by atoms with E-state index in [1.165, 1.54) is 12.1 Å². The summed E-state index contributed by atoms with van der Waals surface area (Å²) in [4.78, 5) is 16.5. The predicted octanol–water partition coefficient (Wildman–Crippen LogP) is 2.53. The average molecular weight is 378 g/mol. The molecule has 3 aromatic heterocycles. The van der Waals surface area contributed by atoms with E-state index in [1.807, 2.05) is 10.9 Å². The number of nitrogens with zero attached hydrogens (tertiary/aromatic N) is 5. The number of fused-ring (bicyclic) bond motifs is 1. The van der Waals surface area contributed by atoms with E-state index in [9.17, 15) is 4.39 Å². The fourth-order valence-electron chi connectivity index (χ4n) is 3.55. The molecular formula is C19H19FN8. The molecule has 142 valence electrons. The molecule has 8 nitrogen and oxygen atoms in total. The quantitative estimate of drug-likeness (QED) is 0.505. The van der Waals surface area contributed by atoms with Crippen LogP contribution in [-0.4, -0.2) is 42.8 Å². The number of nitrogens with two attached hydrogens (primary N) is 1. The zero-order valence-electron chi connectivity index (χ0n) is 15.1. The minimum atomic E-state index is -0.333. The first kappa shape index (κ1) is 16.8. The summed E-state index contributed by atoms with van der Waals surface area (Å²) in [6.45, 7) is 2.00. The van der Waals surface area contributed by atoms with Crippen LogP contribution in [0.25, 0.3) is 33.8 Å². The van der Waals surface area contributed by atoms with E-state index in [-0.39, 0.29) is 11.6 Å². The molecule has 4 aromatic rings. The van der Waals surface area contributed by atoms with Crippen LogP contribution in [0.4, 0.5) is 10.2 Å². The third kappa shape index (κ3) is 2.99. The number of imidazole rings is 1. The lowest BCUT2D eigenvalue weighted by Gasteiger charge is -2.22. The highest BCUT2D eigenvalue weighted by atomic mass is 19.1. The standard InChI is InChI=1S/C19H19FN8/c20-12-1-2-14-15(7-12)27-19(26-14)17-18(21)23-9-16(25-17)11-8-24-28(10-11)13-3-5-22-6-4-13/h1-2,7-10,13,22H,3-6H2,(H2,21,23)(H,26,27). The van der Waals surface area contributed by atoms with Crippen molar-refractivity contribution in [2.75, 3.05) is 18.8 Å². The normalized spacial score (nSPS) is 15.3. The van der Waals surface area contributed by atoms with E-state index in [2.05, 4.69) is 30.4 Å². The van der Waals surface area contributed by atoms with Gasteiger partial charge in [0, 0.05) is 11.8 Å². The van der Waals surface area contributed by atoms with Crippen molar-refractivity contribution in [1.29, 1.82) is 0 Å². The molecule has 4 N–H and O–H groups in total. The van der Waals surface area contributed by atoms with Crippen molar-refractivity contribution >= 4 is 16.9 Å². The van der Waals surface area contributed by atoms with Crippen LogP contribution in [-0.2, 0) is 0 Å². The van der Waals surface area contributed by atoms with Crippen LogP contribution < -0.4 is 11.1 Å². The molecule has 0 unspecified atom stereocenters. The second kappa shape index (κ2) is 6.68. The van der Waals surface area contributed by atoms with Gasteiger partial charge in [0.25, 0.3) is 0 Å². The second-order valence-electron chi connectivity index (χ2n) is 6.93. The number of rotatable bonds is 3. The molecule has 0 atom stereocenters. The maximum atomic E-state index is 13.5. The Balaban J connectivity index is 1.51. The van der Waals surface area contributed by atoms with E-state index in [1.54, 1.807) is 18.5 Å². The Morgan fingerprint density at radius 1 is 1.14 bits per heavy atom. The first-order valence-electron chi connectivity index (χ1n) is 9.21. The monoisotopic (exact) mass is 378 g/mol. The molecule has 5 rings (SSSR count). The maximum absolute atomic E-state index is 13.5. The van der Waals surface area contributed by atoms with Crippen LogP contribution in [0.3, 0.4) is 0 Å². The SMILES string of the molecule is Nc1ncc(-c2cnn(C3CCNCC3)c2)nc1-c1nc2ccc(F)cc2[nH]1. The van der Waals surface area contributed by atoms with Gasteiger partial charge < -0.3 is 16.0 Å². The van der Waals surface area contributed by atoms with Gasteiger partial charge in [-0.05, 0) is 44.1 Å². The molecule has 0 bridgehead atoms. The summed E-state index contributed by atoms with van der Waals surface area (Å²) in [5, 5.41) is 7.87. The predicted molar refractivity (Wildman–Crippen MR) is 104 cm³/mol. The van der Waals surface area contributed by atoms with Crippen molar-refractivity contribution in [2.45, 2.75) is 18.9 Å². The number of nitrogens with one attached hydrogen (secondary N) is 2. The Hall–Kier alpha value is -3.33. The van der Waals surface area contributed by atoms with Gasteiger partial charge in [0.1, 0.15) is 11.5 Å². The van der Waals surface area contributed by atoms with Crippen LogP contribution >= 0.6 is 0 Å². The van der Waals surface area contributed by atoms with Crippen molar-refractivity contribution in [2.24, 2.45) is 0 Å². The Bertz CT molecular complexity index is 1140. The average Bonchev–Trinajstić information content (AvgIpc) is 3.36. The van der Waals surface area contributed by atoms with Gasteiger partial charge in [-0.3, -0.25) is 4.68 Å². The number of H-pyrrole nitrogens is 1. The summed E-state index contributed by atoms with van der Waals surface area (Å²) in [7, 11) is 0. The lowest BCUT2D eigenvalue weighted by Crippen LogP contribution is -2.29. The zero-order valence-corrected chi connectivity index (χ0v) is 15.1. The van der Waals surface area contributed by atoms with Crippen molar-refractivity contribution in [3.8, 4) is 22.8 Å². The van der Waals surface area contributed by atoms with Gasteiger partial charge in [0.05, 0.1) is 35.2 Å². The molecule has 0 aliphatic carbocycles.